The van der Waals surface area contributed by atoms with E-state index in [1.165, 1.54) is 23.2 Å². The molecule has 1 aromatic heterocycles. The van der Waals surface area contributed by atoms with Crippen molar-refractivity contribution >= 4 is 21.9 Å². The smallest absolute Gasteiger partial charge is 0.182 e. The standard InChI is InChI=1S/C19H19FN4O2S/c1-14(2)27(25,26)18-10-6-5-9-17(18)24-19(11-12-22-24)23-21-13-15-7-3-4-8-16(15)20/h3-14,23H,1-2H3. The van der Waals surface area contributed by atoms with Gasteiger partial charge in [-0.25, -0.2) is 17.5 Å². The van der Waals surface area contributed by atoms with Crippen LogP contribution in [0.4, 0.5) is 10.2 Å². The Balaban J connectivity index is 1.94. The average molecular weight is 386 g/mol. The van der Waals surface area contributed by atoms with Gasteiger partial charge in [-0.05, 0) is 32.0 Å². The van der Waals surface area contributed by atoms with Crippen molar-refractivity contribution in [1.29, 1.82) is 0 Å². The van der Waals surface area contributed by atoms with E-state index in [1.807, 2.05) is 0 Å². The zero-order chi connectivity index (χ0) is 19.4. The van der Waals surface area contributed by atoms with Gasteiger partial charge in [0.25, 0.3) is 0 Å². The lowest BCUT2D eigenvalue weighted by atomic mass is 10.2. The van der Waals surface area contributed by atoms with E-state index in [-0.39, 0.29) is 10.7 Å². The van der Waals surface area contributed by atoms with Crippen molar-refractivity contribution in [2.45, 2.75) is 24.0 Å². The van der Waals surface area contributed by atoms with Crippen molar-refractivity contribution in [1.82, 2.24) is 9.78 Å². The molecule has 0 aliphatic heterocycles. The summed E-state index contributed by atoms with van der Waals surface area (Å²) in [6.07, 6.45) is 2.88. The van der Waals surface area contributed by atoms with E-state index < -0.39 is 15.1 Å². The summed E-state index contributed by atoms with van der Waals surface area (Å²) in [4.78, 5) is 0.185. The minimum Gasteiger partial charge on any atom is -0.261 e. The van der Waals surface area contributed by atoms with Crippen LogP contribution in [-0.4, -0.2) is 29.7 Å². The lowest BCUT2D eigenvalue weighted by Gasteiger charge is -2.14. The van der Waals surface area contributed by atoms with Gasteiger partial charge in [-0.15, -0.1) is 0 Å². The summed E-state index contributed by atoms with van der Waals surface area (Å²) < 4.78 is 40.4. The number of anilines is 1. The number of hydrogen-bond acceptors (Lipinski definition) is 5. The van der Waals surface area contributed by atoms with E-state index in [1.54, 1.807) is 62.4 Å². The molecule has 0 unspecified atom stereocenters. The first-order chi connectivity index (χ1) is 12.9. The molecule has 0 bridgehead atoms. The summed E-state index contributed by atoms with van der Waals surface area (Å²) in [5, 5.41) is 7.67. The number of rotatable bonds is 6. The Morgan fingerprint density at radius 1 is 1.11 bits per heavy atom. The van der Waals surface area contributed by atoms with E-state index in [0.29, 0.717) is 17.1 Å². The molecule has 3 aromatic rings. The maximum atomic E-state index is 13.7. The largest absolute Gasteiger partial charge is 0.261 e. The third-order valence-corrected chi connectivity index (χ3v) is 6.15. The van der Waals surface area contributed by atoms with Crippen LogP contribution in [-0.2, 0) is 9.84 Å². The number of nitrogens with one attached hydrogen (secondary N) is 1. The van der Waals surface area contributed by atoms with E-state index in [0.717, 1.165) is 0 Å². The van der Waals surface area contributed by atoms with Crippen LogP contribution in [0.25, 0.3) is 5.69 Å². The van der Waals surface area contributed by atoms with Gasteiger partial charge < -0.3 is 0 Å². The first-order valence-corrected chi connectivity index (χ1v) is 9.87. The molecule has 0 spiro atoms. The molecule has 1 heterocycles. The topological polar surface area (TPSA) is 76.3 Å². The molecule has 0 aliphatic rings. The Morgan fingerprint density at radius 2 is 1.81 bits per heavy atom. The number of halogens is 1. The van der Waals surface area contributed by atoms with Crippen LogP contribution < -0.4 is 5.43 Å². The summed E-state index contributed by atoms with van der Waals surface area (Å²) in [5.74, 6) is 0.0684. The third kappa shape index (κ3) is 3.90. The summed E-state index contributed by atoms with van der Waals surface area (Å²) in [6, 6.07) is 14.5. The van der Waals surface area contributed by atoms with Gasteiger partial charge in [0.2, 0.25) is 0 Å². The molecular formula is C19H19FN4O2S. The Morgan fingerprint density at radius 3 is 2.56 bits per heavy atom. The zero-order valence-electron chi connectivity index (χ0n) is 14.9. The van der Waals surface area contributed by atoms with Crippen LogP contribution in [0.5, 0.6) is 0 Å². The summed E-state index contributed by atoms with van der Waals surface area (Å²) >= 11 is 0. The maximum absolute atomic E-state index is 13.7. The summed E-state index contributed by atoms with van der Waals surface area (Å²) in [6.45, 7) is 3.26. The molecule has 3 rings (SSSR count). The van der Waals surface area contributed by atoms with Gasteiger partial charge in [0.1, 0.15) is 11.6 Å². The predicted molar refractivity (Wildman–Crippen MR) is 104 cm³/mol. The second-order valence-electron chi connectivity index (χ2n) is 6.08. The lowest BCUT2D eigenvalue weighted by molar-refractivity contribution is 0.586. The van der Waals surface area contributed by atoms with Crippen molar-refractivity contribution in [2.75, 3.05) is 5.43 Å². The molecule has 140 valence electrons. The molecule has 2 aromatic carbocycles. The lowest BCUT2D eigenvalue weighted by Crippen LogP contribution is -2.17. The first kappa shape index (κ1) is 18.8. The number of nitrogens with zero attached hydrogens (tertiary/aromatic N) is 3. The molecule has 0 aliphatic carbocycles. The van der Waals surface area contributed by atoms with Crippen LogP contribution in [0, 0.1) is 5.82 Å². The van der Waals surface area contributed by atoms with Gasteiger partial charge in [0.15, 0.2) is 9.84 Å². The molecule has 0 saturated heterocycles. The molecule has 0 saturated carbocycles. The SMILES string of the molecule is CC(C)S(=O)(=O)c1ccccc1-n1nccc1NN=Cc1ccccc1F. The minimum absolute atomic E-state index is 0.185. The van der Waals surface area contributed by atoms with E-state index in [9.17, 15) is 12.8 Å². The van der Waals surface area contributed by atoms with Gasteiger partial charge in [-0.1, -0.05) is 30.3 Å². The van der Waals surface area contributed by atoms with E-state index in [4.69, 9.17) is 0 Å². The van der Waals surface area contributed by atoms with E-state index >= 15 is 0 Å². The Hall–Kier alpha value is -3.00. The van der Waals surface area contributed by atoms with Crippen molar-refractivity contribution in [3.8, 4) is 5.69 Å². The summed E-state index contributed by atoms with van der Waals surface area (Å²) in [7, 11) is -3.50. The fraction of sp³-hybridized carbons (Fsp3) is 0.158. The minimum atomic E-state index is -3.50. The van der Waals surface area contributed by atoms with Crippen LogP contribution in [0.2, 0.25) is 0 Å². The molecule has 6 nitrogen and oxygen atoms in total. The Labute approximate surface area is 157 Å². The number of benzene rings is 2. The van der Waals surface area contributed by atoms with Crippen molar-refractivity contribution in [2.24, 2.45) is 5.10 Å². The van der Waals surface area contributed by atoms with Crippen molar-refractivity contribution in [3.05, 3.63) is 72.2 Å². The number of aromatic nitrogens is 2. The molecule has 27 heavy (non-hydrogen) atoms. The number of para-hydroxylation sites is 1. The highest BCUT2D eigenvalue weighted by molar-refractivity contribution is 7.92. The highest BCUT2D eigenvalue weighted by atomic mass is 32.2. The first-order valence-electron chi connectivity index (χ1n) is 8.32. The van der Waals surface area contributed by atoms with Crippen LogP contribution in [0.1, 0.15) is 19.4 Å². The fourth-order valence-electron chi connectivity index (χ4n) is 2.45. The third-order valence-electron chi connectivity index (χ3n) is 3.95. The summed E-state index contributed by atoms with van der Waals surface area (Å²) in [5.41, 5.74) is 3.53. The second kappa shape index (κ2) is 7.71. The van der Waals surface area contributed by atoms with Crippen molar-refractivity contribution in [3.63, 3.8) is 0 Å². The molecule has 0 atom stereocenters. The molecule has 0 amide bonds. The number of sulfone groups is 1. The van der Waals surface area contributed by atoms with Gasteiger partial charge >= 0.3 is 0 Å². The normalized spacial score (nSPS) is 12.0. The quantitative estimate of drug-likeness (QED) is 0.518. The van der Waals surface area contributed by atoms with Gasteiger partial charge in [-0.2, -0.15) is 10.2 Å². The van der Waals surface area contributed by atoms with Gasteiger partial charge in [-0.3, -0.25) is 5.43 Å². The van der Waals surface area contributed by atoms with E-state index in [2.05, 4.69) is 15.6 Å². The number of hydrogen-bond donors (Lipinski definition) is 1. The molecule has 0 fully saturated rings. The molecule has 8 heteroatoms. The Bertz CT molecular complexity index is 1070. The highest BCUT2D eigenvalue weighted by Crippen LogP contribution is 2.25. The zero-order valence-corrected chi connectivity index (χ0v) is 15.7. The fourth-order valence-corrected chi connectivity index (χ4v) is 3.68. The highest BCUT2D eigenvalue weighted by Gasteiger charge is 2.24. The average Bonchev–Trinajstić information content (AvgIpc) is 3.11. The molecule has 1 N–H and O–H groups in total. The molecular weight excluding hydrogens is 367 g/mol. The predicted octanol–water partition coefficient (Wildman–Crippen LogP) is 3.64. The van der Waals surface area contributed by atoms with Crippen LogP contribution in [0.3, 0.4) is 0 Å². The van der Waals surface area contributed by atoms with Crippen LogP contribution in [0.15, 0.2) is 70.8 Å². The Kier molecular flexibility index (Phi) is 5.36. The van der Waals surface area contributed by atoms with Gasteiger partial charge in [0, 0.05) is 11.6 Å². The second-order valence-corrected chi connectivity index (χ2v) is 8.55. The van der Waals surface area contributed by atoms with Crippen LogP contribution >= 0.6 is 0 Å². The van der Waals surface area contributed by atoms with Crippen molar-refractivity contribution < 1.29 is 12.8 Å². The molecule has 0 radical (unpaired) electrons. The maximum Gasteiger partial charge on any atom is 0.182 e. The monoisotopic (exact) mass is 386 g/mol. The van der Waals surface area contributed by atoms with Gasteiger partial charge in [0.05, 0.1) is 28.2 Å². The number of hydrazone groups is 1.